The lowest BCUT2D eigenvalue weighted by Gasteiger charge is -2.06. The van der Waals surface area contributed by atoms with Gasteiger partial charge in [-0.15, -0.1) is 0 Å². The summed E-state index contributed by atoms with van der Waals surface area (Å²) in [6, 6.07) is 4.76. The number of rotatable bonds is 5. The van der Waals surface area contributed by atoms with Crippen molar-refractivity contribution in [2.45, 2.75) is 6.42 Å². The van der Waals surface area contributed by atoms with E-state index in [1.807, 2.05) is 6.26 Å². The number of hydrogen-bond acceptors (Lipinski definition) is 4. The van der Waals surface area contributed by atoms with E-state index in [9.17, 15) is 4.79 Å². The summed E-state index contributed by atoms with van der Waals surface area (Å²) in [5, 5.41) is 0.477. The number of thioether (sulfide) groups is 1. The zero-order chi connectivity index (χ0) is 12.0. The molecule has 0 saturated heterocycles. The number of anilines is 1. The van der Waals surface area contributed by atoms with E-state index in [0.29, 0.717) is 22.9 Å². The molecule has 88 valence electrons. The Balaban J connectivity index is 2.55. The van der Waals surface area contributed by atoms with Crippen molar-refractivity contribution >= 4 is 35.0 Å². The van der Waals surface area contributed by atoms with Crippen LogP contribution in [0.4, 0.5) is 5.69 Å². The lowest BCUT2D eigenvalue weighted by molar-refractivity contribution is 0.0507. The predicted molar refractivity (Wildman–Crippen MR) is 69.1 cm³/mol. The Bertz CT molecular complexity index is 371. The van der Waals surface area contributed by atoms with Gasteiger partial charge in [0.1, 0.15) is 0 Å². The van der Waals surface area contributed by atoms with Crippen LogP contribution in [-0.2, 0) is 4.74 Å². The Morgan fingerprint density at radius 3 is 3.00 bits per heavy atom. The molecule has 0 radical (unpaired) electrons. The molecule has 0 fully saturated rings. The number of hydrogen-bond donors (Lipinski definition) is 1. The third-order valence-electron chi connectivity index (χ3n) is 1.96. The van der Waals surface area contributed by atoms with Gasteiger partial charge in [-0.1, -0.05) is 11.6 Å². The van der Waals surface area contributed by atoms with Crippen LogP contribution < -0.4 is 5.73 Å². The molecule has 0 aliphatic carbocycles. The quantitative estimate of drug-likeness (QED) is 0.502. The van der Waals surface area contributed by atoms with Crippen molar-refractivity contribution in [3.63, 3.8) is 0 Å². The van der Waals surface area contributed by atoms with Gasteiger partial charge >= 0.3 is 5.97 Å². The second-order valence-corrected chi connectivity index (χ2v) is 4.64. The Morgan fingerprint density at radius 2 is 2.31 bits per heavy atom. The van der Waals surface area contributed by atoms with E-state index in [1.165, 1.54) is 6.07 Å². The third kappa shape index (κ3) is 3.94. The molecule has 0 heterocycles. The molecule has 0 amide bonds. The van der Waals surface area contributed by atoms with Gasteiger partial charge in [-0.3, -0.25) is 0 Å². The second kappa shape index (κ2) is 6.66. The molecule has 1 rings (SSSR count). The number of carbonyl (C=O) groups is 1. The summed E-state index contributed by atoms with van der Waals surface area (Å²) < 4.78 is 5.08. The maximum absolute atomic E-state index is 11.6. The molecule has 0 atom stereocenters. The molecule has 0 aliphatic heterocycles. The fourth-order valence-corrected chi connectivity index (χ4v) is 1.73. The zero-order valence-electron chi connectivity index (χ0n) is 9.03. The molecule has 16 heavy (non-hydrogen) atoms. The van der Waals surface area contributed by atoms with Crippen LogP contribution in [0.15, 0.2) is 18.2 Å². The van der Waals surface area contributed by atoms with Crippen molar-refractivity contribution in [3.05, 3.63) is 28.8 Å². The van der Waals surface area contributed by atoms with E-state index in [0.717, 1.165) is 12.2 Å². The van der Waals surface area contributed by atoms with Crippen LogP contribution in [0.25, 0.3) is 0 Å². The second-order valence-electron chi connectivity index (χ2n) is 3.21. The van der Waals surface area contributed by atoms with E-state index < -0.39 is 5.97 Å². The Morgan fingerprint density at radius 1 is 1.56 bits per heavy atom. The van der Waals surface area contributed by atoms with E-state index in [2.05, 4.69) is 0 Å². The SMILES string of the molecule is CSCCCOC(=O)c1cc(Cl)ccc1N. The van der Waals surface area contributed by atoms with Gasteiger partial charge in [0.2, 0.25) is 0 Å². The van der Waals surface area contributed by atoms with Crippen molar-refractivity contribution in [2.24, 2.45) is 0 Å². The lowest BCUT2D eigenvalue weighted by atomic mass is 10.2. The molecular weight excluding hydrogens is 246 g/mol. The first-order chi connectivity index (χ1) is 7.65. The molecule has 0 spiro atoms. The molecule has 0 aliphatic rings. The van der Waals surface area contributed by atoms with Gasteiger partial charge in [-0.25, -0.2) is 4.79 Å². The maximum Gasteiger partial charge on any atom is 0.340 e. The number of nitrogens with two attached hydrogens (primary N) is 1. The van der Waals surface area contributed by atoms with Crippen LogP contribution in [0.3, 0.4) is 0 Å². The highest BCUT2D eigenvalue weighted by Gasteiger charge is 2.11. The monoisotopic (exact) mass is 259 g/mol. The predicted octanol–water partition coefficient (Wildman–Crippen LogP) is 2.83. The molecule has 3 nitrogen and oxygen atoms in total. The summed E-state index contributed by atoms with van der Waals surface area (Å²) in [5.74, 6) is 0.555. The van der Waals surface area contributed by atoms with Gasteiger partial charge in [-0.2, -0.15) is 11.8 Å². The molecule has 2 N–H and O–H groups in total. The summed E-state index contributed by atoms with van der Waals surface area (Å²) in [5.41, 5.74) is 6.38. The van der Waals surface area contributed by atoms with Gasteiger partial charge in [0, 0.05) is 10.7 Å². The largest absolute Gasteiger partial charge is 0.462 e. The summed E-state index contributed by atoms with van der Waals surface area (Å²) in [7, 11) is 0. The van der Waals surface area contributed by atoms with Crippen LogP contribution in [0.1, 0.15) is 16.8 Å². The minimum absolute atomic E-state index is 0.330. The number of carbonyl (C=O) groups excluding carboxylic acids is 1. The number of benzene rings is 1. The molecule has 5 heteroatoms. The van der Waals surface area contributed by atoms with Gasteiger partial charge in [0.25, 0.3) is 0 Å². The number of ether oxygens (including phenoxy) is 1. The minimum atomic E-state index is -0.416. The van der Waals surface area contributed by atoms with E-state index in [4.69, 9.17) is 22.1 Å². The van der Waals surface area contributed by atoms with Crippen LogP contribution >= 0.6 is 23.4 Å². The highest BCUT2D eigenvalue weighted by atomic mass is 35.5. The fraction of sp³-hybridized carbons (Fsp3) is 0.364. The third-order valence-corrected chi connectivity index (χ3v) is 2.89. The average molecular weight is 260 g/mol. The number of nitrogen functional groups attached to an aromatic ring is 1. The van der Waals surface area contributed by atoms with Crippen molar-refractivity contribution < 1.29 is 9.53 Å². The lowest BCUT2D eigenvalue weighted by Crippen LogP contribution is -2.09. The molecule has 0 saturated carbocycles. The van der Waals surface area contributed by atoms with E-state index in [-0.39, 0.29) is 0 Å². The van der Waals surface area contributed by atoms with Crippen LogP contribution in [-0.4, -0.2) is 24.6 Å². The zero-order valence-corrected chi connectivity index (χ0v) is 10.6. The first-order valence-electron chi connectivity index (χ1n) is 4.86. The van der Waals surface area contributed by atoms with Crippen molar-refractivity contribution in [1.82, 2.24) is 0 Å². The first-order valence-corrected chi connectivity index (χ1v) is 6.63. The van der Waals surface area contributed by atoms with Crippen molar-refractivity contribution in [2.75, 3.05) is 24.3 Å². The van der Waals surface area contributed by atoms with Gasteiger partial charge in [0.15, 0.2) is 0 Å². The first kappa shape index (κ1) is 13.2. The van der Waals surface area contributed by atoms with E-state index in [1.54, 1.807) is 23.9 Å². The molecule has 0 bridgehead atoms. The summed E-state index contributed by atoms with van der Waals surface area (Å²) >= 11 is 7.50. The van der Waals surface area contributed by atoms with Gasteiger partial charge < -0.3 is 10.5 Å². The average Bonchev–Trinajstić information content (AvgIpc) is 2.27. The molecule has 0 unspecified atom stereocenters. The fourth-order valence-electron chi connectivity index (χ4n) is 1.15. The van der Waals surface area contributed by atoms with Gasteiger partial charge in [0.05, 0.1) is 12.2 Å². The summed E-state index contributed by atoms with van der Waals surface area (Å²) in [4.78, 5) is 11.6. The number of halogens is 1. The minimum Gasteiger partial charge on any atom is -0.462 e. The van der Waals surface area contributed by atoms with E-state index >= 15 is 0 Å². The molecular formula is C11H14ClNO2S. The Hall–Kier alpha value is -0.870. The Kier molecular flexibility index (Phi) is 5.49. The summed E-state index contributed by atoms with van der Waals surface area (Å²) in [6.07, 6.45) is 2.85. The van der Waals surface area contributed by atoms with Crippen LogP contribution in [0.2, 0.25) is 5.02 Å². The van der Waals surface area contributed by atoms with Gasteiger partial charge in [-0.05, 0) is 36.6 Å². The normalized spacial score (nSPS) is 10.1. The number of esters is 1. The van der Waals surface area contributed by atoms with Crippen LogP contribution in [0.5, 0.6) is 0 Å². The highest BCUT2D eigenvalue weighted by Crippen LogP contribution is 2.18. The topological polar surface area (TPSA) is 52.3 Å². The smallest absolute Gasteiger partial charge is 0.340 e. The standard InChI is InChI=1S/C11H14ClNO2S/c1-16-6-2-5-15-11(14)9-7-8(12)3-4-10(9)13/h3-4,7H,2,5-6,13H2,1H3. The van der Waals surface area contributed by atoms with Crippen LogP contribution in [0, 0.1) is 0 Å². The van der Waals surface area contributed by atoms with Crippen molar-refractivity contribution in [3.8, 4) is 0 Å². The maximum atomic E-state index is 11.6. The van der Waals surface area contributed by atoms with Crippen molar-refractivity contribution in [1.29, 1.82) is 0 Å². The highest BCUT2D eigenvalue weighted by molar-refractivity contribution is 7.98. The molecule has 1 aromatic rings. The Labute approximate surface area is 104 Å². The molecule has 0 aromatic heterocycles. The molecule has 1 aromatic carbocycles. The summed E-state index contributed by atoms with van der Waals surface area (Å²) in [6.45, 7) is 0.408.